The Morgan fingerprint density at radius 3 is 2.14 bits per heavy atom. The minimum absolute atomic E-state index is 0.0337. The maximum Gasteiger partial charge on any atom is 0.145 e. The van der Waals surface area contributed by atoms with E-state index in [0.717, 1.165) is 18.6 Å². The number of nitrogens with one attached hydrogen (secondary N) is 1. The molecule has 0 heterocycles. The Bertz CT molecular complexity index is 504. The SMILES string of the molecule is CCC(C)(C)c1ccc(OCC(=N)N)c(C(C)(C)CC)c1. The summed E-state index contributed by atoms with van der Waals surface area (Å²) in [7, 11) is 0. The van der Waals surface area contributed by atoms with Crippen LogP contribution in [-0.4, -0.2) is 12.4 Å². The highest BCUT2D eigenvalue weighted by molar-refractivity contribution is 5.78. The molecule has 1 aromatic rings. The van der Waals surface area contributed by atoms with E-state index in [2.05, 4.69) is 53.7 Å². The molecule has 0 atom stereocenters. The fourth-order valence-corrected chi connectivity index (χ4v) is 2.16. The van der Waals surface area contributed by atoms with E-state index in [4.69, 9.17) is 15.9 Å². The Labute approximate surface area is 129 Å². The monoisotopic (exact) mass is 290 g/mol. The van der Waals surface area contributed by atoms with E-state index >= 15 is 0 Å². The third kappa shape index (κ3) is 4.23. The Morgan fingerprint density at radius 1 is 1.10 bits per heavy atom. The molecule has 1 aromatic carbocycles. The minimum atomic E-state index is 0.0337. The zero-order chi connectivity index (χ0) is 16.3. The third-order valence-corrected chi connectivity index (χ3v) is 4.64. The number of ether oxygens (including phenoxy) is 1. The summed E-state index contributed by atoms with van der Waals surface area (Å²) in [5.74, 6) is 0.890. The van der Waals surface area contributed by atoms with Gasteiger partial charge >= 0.3 is 0 Å². The Morgan fingerprint density at radius 2 is 1.67 bits per heavy atom. The van der Waals surface area contributed by atoms with Crippen LogP contribution in [-0.2, 0) is 10.8 Å². The van der Waals surface area contributed by atoms with Crippen molar-refractivity contribution in [3.05, 3.63) is 29.3 Å². The van der Waals surface area contributed by atoms with E-state index < -0.39 is 0 Å². The number of nitrogens with two attached hydrogens (primary N) is 1. The topological polar surface area (TPSA) is 59.1 Å². The molecule has 0 radical (unpaired) electrons. The number of amidine groups is 1. The molecule has 0 aliphatic heterocycles. The van der Waals surface area contributed by atoms with Crippen LogP contribution in [0.4, 0.5) is 0 Å². The zero-order valence-corrected chi connectivity index (χ0v) is 14.3. The molecule has 118 valence electrons. The van der Waals surface area contributed by atoms with Crippen LogP contribution in [0, 0.1) is 5.41 Å². The maximum absolute atomic E-state index is 7.34. The summed E-state index contributed by atoms with van der Waals surface area (Å²) in [6, 6.07) is 6.43. The average Bonchev–Trinajstić information content (AvgIpc) is 2.44. The van der Waals surface area contributed by atoms with Gasteiger partial charge in [0.1, 0.15) is 18.2 Å². The Hall–Kier alpha value is -1.51. The first kappa shape index (κ1) is 17.5. The lowest BCUT2D eigenvalue weighted by Gasteiger charge is -2.30. The van der Waals surface area contributed by atoms with Crippen LogP contribution >= 0.6 is 0 Å². The van der Waals surface area contributed by atoms with Gasteiger partial charge in [0, 0.05) is 5.56 Å². The van der Waals surface area contributed by atoms with Crippen molar-refractivity contribution in [2.24, 2.45) is 5.73 Å². The summed E-state index contributed by atoms with van der Waals surface area (Å²) in [5, 5.41) is 7.34. The van der Waals surface area contributed by atoms with Crippen LogP contribution in [0.5, 0.6) is 5.75 Å². The molecule has 0 amide bonds. The van der Waals surface area contributed by atoms with Crippen LogP contribution in [0.15, 0.2) is 18.2 Å². The van der Waals surface area contributed by atoms with Crippen LogP contribution in [0.3, 0.4) is 0 Å². The van der Waals surface area contributed by atoms with Gasteiger partial charge in [-0.1, -0.05) is 53.7 Å². The number of rotatable bonds is 7. The Kier molecular flexibility index (Phi) is 5.43. The second-order valence-corrected chi connectivity index (χ2v) is 7.00. The van der Waals surface area contributed by atoms with Gasteiger partial charge < -0.3 is 10.5 Å². The van der Waals surface area contributed by atoms with Crippen LogP contribution in [0.25, 0.3) is 0 Å². The van der Waals surface area contributed by atoms with Gasteiger partial charge in [0.15, 0.2) is 0 Å². The van der Waals surface area contributed by atoms with Crippen LogP contribution < -0.4 is 10.5 Å². The highest BCUT2D eigenvalue weighted by Crippen LogP contribution is 2.38. The summed E-state index contributed by atoms with van der Waals surface area (Å²) in [5.41, 5.74) is 8.12. The van der Waals surface area contributed by atoms with E-state index in [1.807, 2.05) is 6.07 Å². The first-order chi connectivity index (χ1) is 9.64. The number of hydrogen-bond acceptors (Lipinski definition) is 2. The molecule has 3 N–H and O–H groups in total. The maximum atomic E-state index is 7.34. The van der Waals surface area contributed by atoms with Gasteiger partial charge in [-0.25, -0.2) is 0 Å². The van der Waals surface area contributed by atoms with E-state index in [0.29, 0.717) is 0 Å². The van der Waals surface area contributed by atoms with E-state index in [1.54, 1.807) is 0 Å². The van der Waals surface area contributed by atoms with Crippen molar-refractivity contribution in [1.82, 2.24) is 0 Å². The molecular weight excluding hydrogens is 260 g/mol. The molecule has 0 aliphatic rings. The highest BCUT2D eigenvalue weighted by Gasteiger charge is 2.26. The van der Waals surface area contributed by atoms with Crippen molar-refractivity contribution in [2.75, 3.05) is 6.61 Å². The molecule has 21 heavy (non-hydrogen) atoms. The summed E-state index contributed by atoms with van der Waals surface area (Å²) in [6.07, 6.45) is 2.12. The molecule has 0 aromatic heterocycles. The van der Waals surface area contributed by atoms with Gasteiger partial charge in [-0.05, 0) is 35.3 Å². The average molecular weight is 290 g/mol. The number of hydrogen-bond donors (Lipinski definition) is 2. The lowest BCUT2D eigenvalue weighted by atomic mass is 9.76. The summed E-state index contributed by atoms with van der Waals surface area (Å²) in [4.78, 5) is 0. The van der Waals surface area contributed by atoms with Gasteiger partial charge in [0.25, 0.3) is 0 Å². The first-order valence-electron chi connectivity index (χ1n) is 7.74. The standard InChI is InChI=1S/C18H30N2O/c1-7-17(3,4)13-9-10-15(21-12-16(19)20)14(11-13)18(5,6)8-2/h9-11H,7-8,12H2,1-6H3,(H3,19,20). The van der Waals surface area contributed by atoms with E-state index in [1.165, 1.54) is 11.1 Å². The quantitative estimate of drug-likeness (QED) is 0.578. The molecule has 0 fully saturated rings. The van der Waals surface area contributed by atoms with Gasteiger partial charge in [-0.2, -0.15) is 0 Å². The second-order valence-electron chi connectivity index (χ2n) is 7.00. The van der Waals surface area contributed by atoms with Crippen molar-refractivity contribution < 1.29 is 4.74 Å². The van der Waals surface area contributed by atoms with Gasteiger partial charge in [-0.15, -0.1) is 0 Å². The highest BCUT2D eigenvalue weighted by atomic mass is 16.5. The van der Waals surface area contributed by atoms with Crippen molar-refractivity contribution >= 4 is 5.84 Å². The van der Waals surface area contributed by atoms with Gasteiger partial charge in [0.05, 0.1) is 0 Å². The van der Waals surface area contributed by atoms with Crippen molar-refractivity contribution in [3.63, 3.8) is 0 Å². The van der Waals surface area contributed by atoms with Gasteiger partial charge in [0.2, 0.25) is 0 Å². The fourth-order valence-electron chi connectivity index (χ4n) is 2.16. The predicted octanol–water partition coefficient (Wildman–Crippen LogP) is 4.38. The summed E-state index contributed by atoms with van der Waals surface area (Å²) >= 11 is 0. The molecule has 0 spiro atoms. The molecule has 0 aliphatic carbocycles. The van der Waals surface area contributed by atoms with Crippen molar-refractivity contribution in [3.8, 4) is 5.75 Å². The number of benzene rings is 1. The second kappa shape index (κ2) is 6.50. The van der Waals surface area contributed by atoms with Crippen LogP contribution in [0.2, 0.25) is 0 Å². The van der Waals surface area contributed by atoms with Crippen molar-refractivity contribution in [1.29, 1.82) is 5.41 Å². The molecule has 3 heteroatoms. The lowest BCUT2D eigenvalue weighted by molar-refractivity contribution is 0.355. The minimum Gasteiger partial charge on any atom is -0.485 e. The first-order valence-corrected chi connectivity index (χ1v) is 7.74. The molecule has 0 saturated carbocycles. The Balaban J connectivity index is 3.30. The lowest BCUT2D eigenvalue weighted by Crippen LogP contribution is -2.24. The molecule has 3 nitrogen and oxygen atoms in total. The van der Waals surface area contributed by atoms with E-state index in [-0.39, 0.29) is 23.3 Å². The van der Waals surface area contributed by atoms with Crippen molar-refractivity contribution in [2.45, 2.75) is 65.2 Å². The molecular formula is C18H30N2O. The van der Waals surface area contributed by atoms with E-state index in [9.17, 15) is 0 Å². The fraction of sp³-hybridized carbons (Fsp3) is 0.611. The van der Waals surface area contributed by atoms with Crippen LogP contribution in [0.1, 0.15) is 65.5 Å². The van der Waals surface area contributed by atoms with Gasteiger partial charge in [-0.3, -0.25) is 5.41 Å². The molecule has 0 unspecified atom stereocenters. The summed E-state index contributed by atoms with van der Waals surface area (Å²) in [6.45, 7) is 13.5. The summed E-state index contributed by atoms with van der Waals surface area (Å²) < 4.78 is 5.74. The zero-order valence-electron chi connectivity index (χ0n) is 14.3. The smallest absolute Gasteiger partial charge is 0.145 e. The molecule has 0 bridgehead atoms. The molecule has 1 rings (SSSR count). The normalized spacial score (nSPS) is 12.3. The third-order valence-electron chi connectivity index (χ3n) is 4.64. The largest absolute Gasteiger partial charge is 0.485 e. The predicted molar refractivity (Wildman–Crippen MR) is 90.5 cm³/mol. The molecule has 0 saturated heterocycles.